The van der Waals surface area contributed by atoms with Crippen LogP contribution in [0.2, 0.25) is 0 Å². The summed E-state index contributed by atoms with van der Waals surface area (Å²) in [5.41, 5.74) is 1.59. The van der Waals surface area contributed by atoms with Gasteiger partial charge < -0.3 is 14.3 Å². The predicted molar refractivity (Wildman–Crippen MR) is 125 cm³/mol. The van der Waals surface area contributed by atoms with Crippen molar-refractivity contribution in [3.8, 4) is 10.4 Å². The standard InChI is InChI=1S/C24H24N4O3S/c1-31-24(30)19-8-5-11-28(19)17-9-12-27(13-10-17)15-21-25-22(29)18-14-20(32-23(18)26-21)16-6-3-2-4-7-16/h2-8,11,14,17H,9-10,12-13,15H2,1H3,(H,25,26,29). The Morgan fingerprint density at radius 3 is 2.72 bits per heavy atom. The number of rotatable bonds is 5. The molecule has 1 aliphatic heterocycles. The van der Waals surface area contributed by atoms with Gasteiger partial charge in [0.05, 0.1) is 19.0 Å². The average Bonchev–Trinajstić information content (AvgIpc) is 3.48. The first kappa shape index (κ1) is 20.7. The molecular weight excluding hydrogens is 424 g/mol. The fraction of sp³-hybridized carbons (Fsp3) is 0.292. The van der Waals surface area contributed by atoms with E-state index in [4.69, 9.17) is 9.72 Å². The maximum Gasteiger partial charge on any atom is 0.354 e. The Kier molecular flexibility index (Phi) is 5.63. The summed E-state index contributed by atoms with van der Waals surface area (Å²) in [6, 6.07) is 15.9. The van der Waals surface area contributed by atoms with Gasteiger partial charge in [0.2, 0.25) is 0 Å². The number of ether oxygens (including phenoxy) is 1. The van der Waals surface area contributed by atoms with Crippen molar-refractivity contribution < 1.29 is 9.53 Å². The van der Waals surface area contributed by atoms with Gasteiger partial charge in [-0.3, -0.25) is 9.69 Å². The Morgan fingerprint density at radius 2 is 1.97 bits per heavy atom. The number of carbonyl (C=O) groups excluding carboxylic acids is 1. The normalized spacial score (nSPS) is 15.3. The molecule has 8 heteroatoms. The van der Waals surface area contributed by atoms with Gasteiger partial charge in [-0.1, -0.05) is 30.3 Å². The Labute approximate surface area is 189 Å². The van der Waals surface area contributed by atoms with Gasteiger partial charge in [-0.25, -0.2) is 9.78 Å². The van der Waals surface area contributed by atoms with Crippen LogP contribution >= 0.6 is 11.3 Å². The summed E-state index contributed by atoms with van der Waals surface area (Å²) < 4.78 is 6.91. The molecular formula is C24H24N4O3S. The monoisotopic (exact) mass is 448 g/mol. The van der Waals surface area contributed by atoms with Gasteiger partial charge in [0.1, 0.15) is 16.3 Å². The summed E-state index contributed by atoms with van der Waals surface area (Å²) in [5.74, 6) is 0.386. The van der Waals surface area contributed by atoms with Crippen molar-refractivity contribution in [3.63, 3.8) is 0 Å². The molecule has 0 amide bonds. The third-order valence-electron chi connectivity index (χ3n) is 6.01. The van der Waals surface area contributed by atoms with E-state index in [1.807, 2.05) is 53.2 Å². The molecule has 0 radical (unpaired) electrons. The van der Waals surface area contributed by atoms with Crippen LogP contribution in [0.3, 0.4) is 0 Å². The molecule has 1 N–H and O–H groups in total. The number of aromatic nitrogens is 3. The fourth-order valence-corrected chi connectivity index (χ4v) is 5.41. The lowest BCUT2D eigenvalue weighted by molar-refractivity contribution is 0.0581. The minimum atomic E-state index is -0.307. The second kappa shape index (κ2) is 8.72. The Balaban J connectivity index is 1.29. The Morgan fingerprint density at radius 1 is 1.19 bits per heavy atom. The van der Waals surface area contributed by atoms with Crippen LogP contribution in [0, 0.1) is 0 Å². The predicted octanol–water partition coefficient (Wildman–Crippen LogP) is 4.08. The number of methoxy groups -OCH3 is 1. The first-order valence-corrected chi connectivity index (χ1v) is 11.5. The summed E-state index contributed by atoms with van der Waals surface area (Å²) in [6.07, 6.45) is 3.78. The number of piperidine rings is 1. The largest absolute Gasteiger partial charge is 0.464 e. The molecule has 1 aromatic carbocycles. The van der Waals surface area contributed by atoms with Crippen LogP contribution in [-0.4, -0.2) is 45.6 Å². The average molecular weight is 449 g/mol. The number of aromatic amines is 1. The highest BCUT2D eigenvalue weighted by Crippen LogP contribution is 2.31. The number of nitrogens with zero attached hydrogens (tertiary/aromatic N) is 3. The van der Waals surface area contributed by atoms with Gasteiger partial charge in [0, 0.05) is 30.2 Å². The van der Waals surface area contributed by atoms with Crippen molar-refractivity contribution in [2.45, 2.75) is 25.4 Å². The lowest BCUT2D eigenvalue weighted by Gasteiger charge is -2.33. The zero-order valence-corrected chi connectivity index (χ0v) is 18.6. The summed E-state index contributed by atoms with van der Waals surface area (Å²) in [7, 11) is 1.41. The number of benzene rings is 1. The van der Waals surface area contributed by atoms with Crippen molar-refractivity contribution in [2.24, 2.45) is 0 Å². The second-order valence-corrected chi connectivity index (χ2v) is 9.04. The van der Waals surface area contributed by atoms with Crippen LogP contribution in [0.15, 0.2) is 59.5 Å². The SMILES string of the molecule is COC(=O)c1cccn1C1CCN(Cc2nc3sc(-c4ccccc4)cc3c(=O)[nH]2)CC1. The van der Waals surface area contributed by atoms with E-state index >= 15 is 0 Å². The first-order valence-electron chi connectivity index (χ1n) is 10.7. The molecule has 32 heavy (non-hydrogen) atoms. The molecule has 1 fully saturated rings. The molecule has 0 saturated carbocycles. The highest BCUT2D eigenvalue weighted by molar-refractivity contribution is 7.21. The van der Waals surface area contributed by atoms with E-state index in [0.717, 1.165) is 41.2 Å². The third kappa shape index (κ3) is 3.99. The quantitative estimate of drug-likeness (QED) is 0.466. The number of H-pyrrole nitrogens is 1. The van der Waals surface area contributed by atoms with Crippen LogP contribution in [0.5, 0.6) is 0 Å². The summed E-state index contributed by atoms with van der Waals surface area (Å²) in [5, 5.41) is 0.638. The number of fused-ring (bicyclic) bond motifs is 1. The van der Waals surface area contributed by atoms with Crippen molar-refractivity contribution >= 4 is 27.5 Å². The number of carbonyl (C=O) groups is 1. The summed E-state index contributed by atoms with van der Waals surface area (Å²) >= 11 is 1.55. The van der Waals surface area contributed by atoms with Gasteiger partial charge in [0.15, 0.2) is 0 Å². The maximum atomic E-state index is 12.7. The van der Waals surface area contributed by atoms with E-state index in [0.29, 0.717) is 23.4 Å². The molecule has 0 atom stereocenters. The van der Waals surface area contributed by atoms with Crippen molar-refractivity contribution in [1.29, 1.82) is 0 Å². The van der Waals surface area contributed by atoms with Crippen LogP contribution in [0.4, 0.5) is 0 Å². The molecule has 0 bridgehead atoms. The van der Waals surface area contributed by atoms with Gasteiger partial charge in [-0.15, -0.1) is 11.3 Å². The van der Waals surface area contributed by atoms with E-state index in [-0.39, 0.29) is 17.6 Å². The Hall–Kier alpha value is -3.23. The fourth-order valence-electron chi connectivity index (χ4n) is 4.35. The number of thiophene rings is 1. The molecule has 0 aliphatic carbocycles. The minimum Gasteiger partial charge on any atom is -0.464 e. The summed E-state index contributed by atoms with van der Waals surface area (Å²) in [6.45, 7) is 2.34. The molecule has 3 aromatic heterocycles. The highest BCUT2D eigenvalue weighted by Gasteiger charge is 2.24. The van der Waals surface area contributed by atoms with Crippen LogP contribution < -0.4 is 5.56 Å². The molecule has 1 saturated heterocycles. The van der Waals surface area contributed by atoms with E-state index < -0.39 is 0 Å². The lowest BCUT2D eigenvalue weighted by atomic mass is 10.0. The van der Waals surface area contributed by atoms with Crippen LogP contribution in [0.25, 0.3) is 20.7 Å². The topological polar surface area (TPSA) is 80.2 Å². The molecule has 4 heterocycles. The number of esters is 1. The van der Waals surface area contributed by atoms with Crippen molar-refractivity contribution in [3.05, 3.63) is 76.6 Å². The van der Waals surface area contributed by atoms with Gasteiger partial charge >= 0.3 is 5.97 Å². The summed E-state index contributed by atoms with van der Waals surface area (Å²) in [4.78, 5) is 36.5. The molecule has 0 spiro atoms. The van der Waals surface area contributed by atoms with Crippen LogP contribution in [-0.2, 0) is 11.3 Å². The minimum absolute atomic E-state index is 0.0895. The van der Waals surface area contributed by atoms with E-state index in [1.165, 1.54) is 7.11 Å². The Bertz CT molecular complexity index is 1300. The number of hydrogen-bond acceptors (Lipinski definition) is 6. The zero-order valence-electron chi connectivity index (χ0n) is 17.8. The molecule has 0 unspecified atom stereocenters. The molecule has 7 nitrogen and oxygen atoms in total. The molecule has 164 valence electrons. The number of likely N-dealkylation sites (tertiary alicyclic amines) is 1. The molecule has 5 rings (SSSR count). The van der Waals surface area contributed by atoms with E-state index in [9.17, 15) is 9.59 Å². The second-order valence-electron chi connectivity index (χ2n) is 8.01. The zero-order chi connectivity index (χ0) is 22.1. The van der Waals surface area contributed by atoms with Crippen molar-refractivity contribution in [2.75, 3.05) is 20.2 Å². The van der Waals surface area contributed by atoms with E-state index in [1.54, 1.807) is 17.4 Å². The van der Waals surface area contributed by atoms with E-state index in [2.05, 4.69) is 9.88 Å². The number of hydrogen-bond donors (Lipinski definition) is 1. The van der Waals surface area contributed by atoms with Crippen LogP contribution in [0.1, 0.15) is 35.2 Å². The lowest BCUT2D eigenvalue weighted by Crippen LogP contribution is -2.35. The van der Waals surface area contributed by atoms with Gasteiger partial charge in [-0.2, -0.15) is 0 Å². The molecule has 1 aliphatic rings. The molecule has 4 aromatic rings. The third-order valence-corrected chi connectivity index (χ3v) is 7.09. The van der Waals surface area contributed by atoms with Gasteiger partial charge in [0.25, 0.3) is 5.56 Å². The smallest absolute Gasteiger partial charge is 0.354 e. The highest BCUT2D eigenvalue weighted by atomic mass is 32.1. The maximum absolute atomic E-state index is 12.7. The van der Waals surface area contributed by atoms with Gasteiger partial charge in [-0.05, 0) is 36.6 Å². The first-order chi connectivity index (χ1) is 15.6. The van der Waals surface area contributed by atoms with Crippen molar-refractivity contribution in [1.82, 2.24) is 19.4 Å². The number of nitrogens with one attached hydrogen (secondary N) is 1.